The van der Waals surface area contributed by atoms with Gasteiger partial charge in [0, 0.05) is 0 Å². The highest BCUT2D eigenvalue weighted by molar-refractivity contribution is 6.68. The maximum Gasteiger partial charge on any atom is 0.364 e. The van der Waals surface area contributed by atoms with E-state index < -0.39 is 17.1 Å². The Bertz CT molecular complexity index is 316. The van der Waals surface area contributed by atoms with Gasteiger partial charge in [0.1, 0.15) is 6.61 Å². The third-order valence-electron chi connectivity index (χ3n) is 2.31. The second-order valence-corrected chi connectivity index (χ2v) is 4.69. The van der Waals surface area contributed by atoms with E-state index in [1.807, 2.05) is 0 Å². The molecule has 0 aromatic carbocycles. The molecule has 0 heterocycles. The Morgan fingerprint density at radius 3 is 2.42 bits per heavy atom. The molecule has 0 aromatic rings. The lowest BCUT2D eigenvalue weighted by molar-refractivity contribution is -0.136. The normalized spacial score (nSPS) is 12.9. The summed E-state index contributed by atoms with van der Waals surface area (Å²) in [6.45, 7) is 5.76. The van der Waals surface area contributed by atoms with Crippen LogP contribution >= 0.6 is 11.6 Å². The van der Waals surface area contributed by atoms with Crippen LogP contribution in [-0.2, 0) is 19.2 Å². The molecule has 0 aliphatic carbocycles. The van der Waals surface area contributed by atoms with Gasteiger partial charge in [-0.1, -0.05) is 24.9 Å². The number of esters is 1. The number of carbonyl (C=O) groups excluding carboxylic acids is 2. The van der Waals surface area contributed by atoms with Gasteiger partial charge in [-0.15, -0.1) is 11.6 Å². The molecule has 0 radical (unpaired) electrons. The number of oxime groups is 1. The molecule has 1 atom stereocenters. The van der Waals surface area contributed by atoms with Crippen molar-refractivity contribution in [2.75, 3.05) is 13.2 Å². The number of Topliss-reactive ketones (excluding diaryl/α,β-unsaturated/α-hetero) is 1. The van der Waals surface area contributed by atoms with Crippen LogP contribution in [0.15, 0.2) is 5.16 Å². The van der Waals surface area contributed by atoms with Crippen LogP contribution in [0.25, 0.3) is 0 Å². The standard InChI is InChI=1S/C13H22ClNO4/c1-4-6-7-8-9-19-15-11(12(16)10(3)14)13(17)18-5-2/h10H,4-9H2,1-3H3. The molecule has 0 saturated heterocycles. The van der Waals surface area contributed by atoms with Gasteiger partial charge in [-0.05, 0) is 26.7 Å². The van der Waals surface area contributed by atoms with Crippen LogP contribution < -0.4 is 0 Å². The van der Waals surface area contributed by atoms with E-state index in [0.717, 1.165) is 25.7 Å². The number of alkyl halides is 1. The molecule has 0 aromatic heterocycles. The van der Waals surface area contributed by atoms with E-state index in [1.165, 1.54) is 6.92 Å². The van der Waals surface area contributed by atoms with Crippen LogP contribution in [0.5, 0.6) is 0 Å². The minimum atomic E-state index is -0.841. The van der Waals surface area contributed by atoms with Gasteiger partial charge in [-0.3, -0.25) is 4.79 Å². The number of halogens is 1. The second-order valence-electron chi connectivity index (χ2n) is 4.03. The average molecular weight is 292 g/mol. The molecular weight excluding hydrogens is 270 g/mol. The van der Waals surface area contributed by atoms with E-state index in [-0.39, 0.29) is 12.3 Å². The highest BCUT2D eigenvalue weighted by Gasteiger charge is 2.26. The quantitative estimate of drug-likeness (QED) is 0.155. The third kappa shape index (κ3) is 7.82. The highest BCUT2D eigenvalue weighted by atomic mass is 35.5. The van der Waals surface area contributed by atoms with Crippen LogP contribution in [0.2, 0.25) is 0 Å². The van der Waals surface area contributed by atoms with Gasteiger partial charge in [0.2, 0.25) is 11.5 Å². The zero-order valence-electron chi connectivity index (χ0n) is 11.8. The van der Waals surface area contributed by atoms with Crippen LogP contribution in [0.3, 0.4) is 0 Å². The van der Waals surface area contributed by atoms with Crippen molar-refractivity contribution >= 4 is 29.1 Å². The van der Waals surface area contributed by atoms with E-state index in [1.54, 1.807) is 6.92 Å². The topological polar surface area (TPSA) is 65.0 Å². The molecular formula is C13H22ClNO4. The van der Waals surface area contributed by atoms with Gasteiger partial charge in [0.25, 0.3) is 0 Å². The monoisotopic (exact) mass is 291 g/mol. The van der Waals surface area contributed by atoms with Gasteiger partial charge in [0.15, 0.2) is 0 Å². The Kier molecular flexibility index (Phi) is 10.2. The van der Waals surface area contributed by atoms with E-state index in [4.69, 9.17) is 21.2 Å². The van der Waals surface area contributed by atoms with Gasteiger partial charge in [-0.2, -0.15) is 0 Å². The summed E-state index contributed by atoms with van der Waals surface area (Å²) >= 11 is 5.65. The lowest BCUT2D eigenvalue weighted by Crippen LogP contribution is -2.31. The predicted octanol–water partition coefficient (Wildman–Crippen LogP) is 2.70. The number of ketones is 1. The van der Waals surface area contributed by atoms with Crippen molar-refractivity contribution in [3.63, 3.8) is 0 Å². The van der Waals surface area contributed by atoms with Crippen molar-refractivity contribution < 1.29 is 19.2 Å². The molecule has 1 unspecified atom stereocenters. The summed E-state index contributed by atoms with van der Waals surface area (Å²) in [6, 6.07) is 0. The molecule has 19 heavy (non-hydrogen) atoms. The molecule has 0 spiro atoms. The molecule has 6 heteroatoms. The van der Waals surface area contributed by atoms with Crippen molar-refractivity contribution in [2.45, 2.75) is 51.8 Å². The minimum absolute atomic E-state index is 0.165. The van der Waals surface area contributed by atoms with Crippen LogP contribution in [0.1, 0.15) is 46.5 Å². The van der Waals surface area contributed by atoms with Crippen LogP contribution in [0.4, 0.5) is 0 Å². The van der Waals surface area contributed by atoms with Crippen LogP contribution in [-0.4, -0.2) is 36.1 Å². The minimum Gasteiger partial charge on any atom is -0.461 e. The number of unbranched alkanes of at least 4 members (excludes halogenated alkanes) is 3. The van der Waals surface area contributed by atoms with Crippen molar-refractivity contribution in [2.24, 2.45) is 5.16 Å². The lowest BCUT2D eigenvalue weighted by atomic mass is 10.2. The van der Waals surface area contributed by atoms with Crippen LogP contribution in [0, 0.1) is 0 Å². The molecule has 0 saturated carbocycles. The summed E-state index contributed by atoms with van der Waals surface area (Å²) in [4.78, 5) is 28.2. The first kappa shape index (κ1) is 17.9. The molecule has 0 aliphatic rings. The number of rotatable bonds is 10. The Labute approximate surface area is 119 Å². The van der Waals surface area contributed by atoms with Crippen molar-refractivity contribution in [1.29, 1.82) is 0 Å². The summed E-state index contributed by atoms with van der Waals surface area (Å²) in [5.41, 5.74) is -0.375. The fourth-order valence-electron chi connectivity index (χ4n) is 1.27. The Balaban J connectivity index is 4.40. The predicted molar refractivity (Wildman–Crippen MR) is 74.5 cm³/mol. The number of ether oxygens (including phenoxy) is 1. The maximum atomic E-state index is 11.7. The van der Waals surface area contributed by atoms with E-state index in [9.17, 15) is 9.59 Å². The van der Waals surface area contributed by atoms with E-state index in [2.05, 4.69) is 12.1 Å². The molecule has 0 N–H and O–H groups in total. The van der Waals surface area contributed by atoms with E-state index >= 15 is 0 Å². The van der Waals surface area contributed by atoms with Gasteiger partial charge >= 0.3 is 5.97 Å². The Morgan fingerprint density at radius 2 is 1.89 bits per heavy atom. The first-order valence-corrected chi connectivity index (χ1v) is 7.03. The zero-order valence-corrected chi connectivity index (χ0v) is 12.5. The van der Waals surface area contributed by atoms with Crippen molar-refractivity contribution in [3.05, 3.63) is 0 Å². The largest absolute Gasteiger partial charge is 0.461 e. The van der Waals surface area contributed by atoms with E-state index in [0.29, 0.717) is 6.61 Å². The fourth-order valence-corrected chi connectivity index (χ4v) is 1.38. The van der Waals surface area contributed by atoms with Crippen molar-refractivity contribution in [1.82, 2.24) is 0 Å². The molecule has 5 nitrogen and oxygen atoms in total. The summed E-state index contributed by atoms with van der Waals surface area (Å²) < 4.78 is 4.74. The number of nitrogens with zero attached hydrogens (tertiary/aromatic N) is 1. The van der Waals surface area contributed by atoms with Gasteiger partial charge in [-0.25, -0.2) is 4.79 Å². The molecule has 0 amide bonds. The molecule has 0 bridgehead atoms. The number of hydrogen-bond donors (Lipinski definition) is 0. The lowest BCUT2D eigenvalue weighted by Gasteiger charge is -2.06. The molecule has 0 rings (SSSR count). The van der Waals surface area contributed by atoms with Crippen molar-refractivity contribution in [3.8, 4) is 0 Å². The summed E-state index contributed by atoms with van der Waals surface area (Å²) in [5, 5.41) is 2.73. The summed E-state index contributed by atoms with van der Waals surface area (Å²) in [7, 11) is 0. The summed E-state index contributed by atoms with van der Waals surface area (Å²) in [6.07, 6.45) is 4.10. The Hall–Kier alpha value is -1.10. The average Bonchev–Trinajstić information content (AvgIpc) is 2.37. The Morgan fingerprint density at radius 1 is 1.21 bits per heavy atom. The zero-order chi connectivity index (χ0) is 14.7. The first-order valence-electron chi connectivity index (χ1n) is 6.59. The molecule has 0 aliphatic heterocycles. The summed E-state index contributed by atoms with van der Waals surface area (Å²) in [5.74, 6) is -1.39. The third-order valence-corrected chi connectivity index (χ3v) is 2.51. The first-order chi connectivity index (χ1) is 9.04. The SMILES string of the molecule is CCCCCCON=C(C(=O)OCC)C(=O)C(C)Cl. The fraction of sp³-hybridized carbons (Fsp3) is 0.769. The highest BCUT2D eigenvalue weighted by Crippen LogP contribution is 2.02. The molecule has 0 fully saturated rings. The number of carbonyl (C=O) groups is 2. The van der Waals surface area contributed by atoms with Gasteiger partial charge in [0.05, 0.1) is 12.0 Å². The van der Waals surface area contributed by atoms with Gasteiger partial charge < -0.3 is 9.57 Å². The number of hydrogen-bond acceptors (Lipinski definition) is 5. The smallest absolute Gasteiger partial charge is 0.364 e. The second kappa shape index (κ2) is 10.8. The maximum absolute atomic E-state index is 11.7. The molecule has 110 valence electrons.